The molecule has 0 spiro atoms. The SMILES string of the molecule is O=C(CNC(=O)OCC1c2ccccc2-c2ccccc21)NCOC(CC1CC1)C(=O)O. The summed E-state index contributed by atoms with van der Waals surface area (Å²) in [6.45, 7) is -0.360. The predicted molar refractivity (Wildman–Crippen MR) is 116 cm³/mol. The van der Waals surface area contributed by atoms with Crippen molar-refractivity contribution >= 4 is 18.0 Å². The predicted octanol–water partition coefficient (Wildman–Crippen LogP) is 2.87. The van der Waals surface area contributed by atoms with Crippen LogP contribution in [-0.2, 0) is 19.1 Å². The van der Waals surface area contributed by atoms with Crippen LogP contribution in [0.25, 0.3) is 11.1 Å². The number of aliphatic carboxylic acids is 1. The van der Waals surface area contributed by atoms with E-state index >= 15 is 0 Å². The Balaban J connectivity index is 1.20. The summed E-state index contributed by atoms with van der Waals surface area (Å²) in [6, 6.07) is 16.1. The maximum Gasteiger partial charge on any atom is 0.407 e. The van der Waals surface area contributed by atoms with Crippen LogP contribution in [0, 0.1) is 5.92 Å². The van der Waals surface area contributed by atoms with Crippen molar-refractivity contribution in [1.82, 2.24) is 10.6 Å². The first-order valence-electron chi connectivity index (χ1n) is 10.7. The normalized spacial score (nSPS) is 15.4. The number of benzene rings is 2. The van der Waals surface area contributed by atoms with Gasteiger partial charge >= 0.3 is 12.1 Å². The fourth-order valence-corrected chi connectivity index (χ4v) is 3.98. The van der Waals surface area contributed by atoms with Crippen molar-refractivity contribution in [1.29, 1.82) is 0 Å². The van der Waals surface area contributed by atoms with Crippen LogP contribution in [0.15, 0.2) is 48.5 Å². The molecule has 1 atom stereocenters. The van der Waals surface area contributed by atoms with Crippen molar-refractivity contribution in [2.75, 3.05) is 19.9 Å². The van der Waals surface area contributed by atoms with Crippen molar-refractivity contribution < 1.29 is 29.0 Å². The fourth-order valence-electron chi connectivity index (χ4n) is 3.98. The molecule has 0 bridgehead atoms. The Morgan fingerprint density at radius 1 is 0.969 bits per heavy atom. The quantitative estimate of drug-likeness (QED) is 0.492. The summed E-state index contributed by atoms with van der Waals surface area (Å²) in [5.41, 5.74) is 4.49. The number of hydrogen-bond acceptors (Lipinski definition) is 5. The number of carbonyl (C=O) groups excluding carboxylic acids is 2. The maximum absolute atomic E-state index is 12.1. The van der Waals surface area contributed by atoms with E-state index in [1.807, 2.05) is 36.4 Å². The van der Waals surface area contributed by atoms with E-state index < -0.39 is 24.1 Å². The summed E-state index contributed by atoms with van der Waals surface area (Å²) in [5, 5.41) is 14.0. The highest BCUT2D eigenvalue weighted by molar-refractivity contribution is 5.82. The summed E-state index contributed by atoms with van der Waals surface area (Å²) in [6.07, 6.45) is 0.856. The minimum atomic E-state index is -1.04. The second-order valence-corrected chi connectivity index (χ2v) is 8.10. The lowest BCUT2D eigenvalue weighted by Crippen LogP contribution is -2.39. The minimum absolute atomic E-state index is 0.0604. The number of nitrogens with one attached hydrogen (secondary N) is 2. The van der Waals surface area contributed by atoms with Gasteiger partial charge in [0.15, 0.2) is 6.10 Å². The lowest BCUT2D eigenvalue weighted by atomic mass is 9.98. The van der Waals surface area contributed by atoms with Gasteiger partial charge in [0.1, 0.15) is 19.9 Å². The Kier molecular flexibility index (Phi) is 6.70. The number of carbonyl (C=O) groups is 3. The highest BCUT2D eigenvalue weighted by Gasteiger charge is 2.30. The first kappa shape index (κ1) is 21.8. The molecule has 168 valence electrons. The number of hydrogen-bond donors (Lipinski definition) is 3. The molecule has 0 heterocycles. The van der Waals surface area contributed by atoms with Crippen LogP contribution in [0.3, 0.4) is 0 Å². The van der Waals surface area contributed by atoms with Crippen molar-refractivity contribution in [2.45, 2.75) is 31.3 Å². The summed E-state index contributed by atoms with van der Waals surface area (Å²) < 4.78 is 10.6. The van der Waals surface area contributed by atoms with Crippen molar-refractivity contribution in [3.63, 3.8) is 0 Å². The van der Waals surface area contributed by atoms with Gasteiger partial charge < -0.3 is 25.2 Å². The number of fused-ring (bicyclic) bond motifs is 3. The van der Waals surface area contributed by atoms with Gasteiger partial charge in [0.25, 0.3) is 0 Å². The van der Waals surface area contributed by atoms with E-state index in [2.05, 4.69) is 22.8 Å². The van der Waals surface area contributed by atoms with E-state index in [0.29, 0.717) is 12.3 Å². The number of ether oxygens (including phenoxy) is 2. The molecule has 2 aliphatic rings. The Hall–Kier alpha value is -3.39. The van der Waals surface area contributed by atoms with Gasteiger partial charge in [0, 0.05) is 5.92 Å². The smallest absolute Gasteiger partial charge is 0.407 e. The molecule has 32 heavy (non-hydrogen) atoms. The lowest BCUT2D eigenvalue weighted by molar-refractivity contribution is -0.152. The molecule has 0 saturated heterocycles. The van der Waals surface area contributed by atoms with Crippen LogP contribution in [-0.4, -0.2) is 49.1 Å². The van der Waals surface area contributed by atoms with Crippen molar-refractivity contribution in [3.8, 4) is 11.1 Å². The monoisotopic (exact) mass is 438 g/mol. The average Bonchev–Trinajstić information content (AvgIpc) is 3.56. The molecule has 4 rings (SSSR count). The Bertz CT molecular complexity index is 958. The van der Waals surface area contributed by atoms with Gasteiger partial charge in [-0.05, 0) is 34.6 Å². The summed E-state index contributed by atoms with van der Waals surface area (Å²) >= 11 is 0. The zero-order valence-electron chi connectivity index (χ0n) is 17.6. The van der Waals surface area contributed by atoms with Crippen molar-refractivity contribution in [3.05, 3.63) is 59.7 Å². The van der Waals surface area contributed by atoms with E-state index in [-0.39, 0.29) is 25.8 Å². The number of alkyl carbamates (subject to hydrolysis) is 1. The zero-order valence-corrected chi connectivity index (χ0v) is 17.6. The highest BCUT2D eigenvalue weighted by Crippen LogP contribution is 2.44. The van der Waals surface area contributed by atoms with Gasteiger partial charge in [0.2, 0.25) is 5.91 Å². The van der Waals surface area contributed by atoms with Gasteiger partial charge in [-0.2, -0.15) is 0 Å². The first-order valence-corrected chi connectivity index (χ1v) is 10.7. The molecule has 2 aromatic rings. The minimum Gasteiger partial charge on any atom is -0.479 e. The van der Waals surface area contributed by atoms with E-state index in [9.17, 15) is 14.4 Å². The molecule has 0 aromatic heterocycles. The molecule has 0 radical (unpaired) electrons. The number of amides is 2. The van der Waals surface area contributed by atoms with Crippen LogP contribution in [0.1, 0.15) is 36.3 Å². The molecule has 2 aromatic carbocycles. The Morgan fingerprint density at radius 3 is 2.19 bits per heavy atom. The standard InChI is InChI=1S/C24H26N2O6/c27-22(26-14-32-21(23(28)29)11-15-9-10-15)12-25-24(30)31-13-20-18-7-3-1-5-16(18)17-6-2-4-8-19(17)20/h1-8,15,20-21H,9-14H2,(H,25,30)(H,26,27)(H,28,29). The zero-order chi connectivity index (χ0) is 22.5. The summed E-state index contributed by atoms with van der Waals surface area (Å²) in [7, 11) is 0. The summed E-state index contributed by atoms with van der Waals surface area (Å²) in [5.74, 6) is -1.20. The molecule has 1 unspecified atom stereocenters. The maximum atomic E-state index is 12.1. The second-order valence-electron chi connectivity index (χ2n) is 8.10. The third kappa shape index (κ3) is 5.26. The molecule has 1 saturated carbocycles. The van der Waals surface area contributed by atoms with Crippen molar-refractivity contribution in [2.24, 2.45) is 5.92 Å². The first-order chi connectivity index (χ1) is 15.5. The number of carboxylic acid groups (broad SMARTS) is 1. The second kappa shape index (κ2) is 9.82. The third-order valence-electron chi connectivity index (χ3n) is 5.81. The average molecular weight is 438 g/mol. The number of carboxylic acids is 1. The van der Waals surface area contributed by atoms with Gasteiger partial charge in [-0.25, -0.2) is 9.59 Å². The van der Waals surface area contributed by atoms with Crippen LogP contribution in [0.5, 0.6) is 0 Å². The van der Waals surface area contributed by atoms with E-state index in [0.717, 1.165) is 35.1 Å². The van der Waals surface area contributed by atoms with E-state index in [4.69, 9.17) is 14.6 Å². The van der Waals surface area contributed by atoms with Crippen LogP contribution in [0.4, 0.5) is 4.79 Å². The molecule has 8 nitrogen and oxygen atoms in total. The molecular weight excluding hydrogens is 412 g/mol. The topological polar surface area (TPSA) is 114 Å². The van der Waals surface area contributed by atoms with Gasteiger partial charge in [-0.15, -0.1) is 0 Å². The molecular formula is C24H26N2O6. The highest BCUT2D eigenvalue weighted by atomic mass is 16.5. The molecule has 2 aliphatic carbocycles. The molecule has 3 N–H and O–H groups in total. The summed E-state index contributed by atoms with van der Waals surface area (Å²) in [4.78, 5) is 35.2. The van der Waals surface area contributed by atoms with E-state index in [1.54, 1.807) is 0 Å². The largest absolute Gasteiger partial charge is 0.479 e. The molecule has 1 fully saturated rings. The van der Waals surface area contributed by atoms with Crippen LogP contribution < -0.4 is 10.6 Å². The van der Waals surface area contributed by atoms with E-state index in [1.165, 1.54) is 0 Å². The Morgan fingerprint density at radius 2 is 1.59 bits per heavy atom. The third-order valence-corrected chi connectivity index (χ3v) is 5.81. The van der Waals surface area contributed by atoms with Gasteiger partial charge in [-0.1, -0.05) is 61.4 Å². The van der Waals surface area contributed by atoms with Gasteiger partial charge in [0.05, 0.1) is 0 Å². The van der Waals surface area contributed by atoms with Crippen LogP contribution in [0.2, 0.25) is 0 Å². The van der Waals surface area contributed by atoms with Gasteiger partial charge in [-0.3, -0.25) is 4.79 Å². The van der Waals surface area contributed by atoms with Crippen LogP contribution >= 0.6 is 0 Å². The number of rotatable bonds is 10. The molecule has 2 amide bonds. The fraction of sp³-hybridized carbons (Fsp3) is 0.375. The molecule has 0 aliphatic heterocycles. The Labute approximate surface area is 185 Å². The lowest BCUT2D eigenvalue weighted by Gasteiger charge is -2.15. The molecule has 8 heteroatoms.